The predicted molar refractivity (Wildman–Crippen MR) is 76.3 cm³/mol. The number of alkyl halides is 2. The van der Waals surface area contributed by atoms with Crippen molar-refractivity contribution in [3.8, 4) is 0 Å². The molecule has 1 aliphatic carbocycles. The monoisotopic (exact) mass is 292 g/mol. The van der Waals surface area contributed by atoms with Crippen molar-refractivity contribution in [1.82, 2.24) is 4.57 Å². The zero-order chi connectivity index (χ0) is 15.0. The van der Waals surface area contributed by atoms with Crippen LogP contribution in [0.5, 0.6) is 0 Å². The molecule has 2 aromatic rings. The van der Waals surface area contributed by atoms with Crippen LogP contribution in [0, 0.1) is 10.1 Å². The Hall–Kier alpha value is -2.24. The van der Waals surface area contributed by atoms with E-state index in [2.05, 4.69) is 0 Å². The van der Waals surface area contributed by atoms with Gasteiger partial charge in [0.2, 0.25) is 0 Å². The average molecular weight is 292 g/mol. The number of benzene rings is 1. The first-order valence-corrected chi connectivity index (χ1v) is 6.84. The van der Waals surface area contributed by atoms with Crippen molar-refractivity contribution in [2.45, 2.75) is 32.2 Å². The number of hydrogen-bond acceptors (Lipinski definition) is 2. The number of nitro benzene ring substituents is 1. The van der Waals surface area contributed by atoms with E-state index in [4.69, 9.17) is 0 Å². The highest BCUT2D eigenvalue weighted by Crippen LogP contribution is 2.36. The zero-order valence-corrected chi connectivity index (χ0v) is 11.3. The molecule has 1 aliphatic rings. The number of rotatable bonds is 3. The highest BCUT2D eigenvalue weighted by molar-refractivity contribution is 5.94. The lowest BCUT2D eigenvalue weighted by Gasteiger charge is -2.11. The Balaban J connectivity index is 2.24. The van der Waals surface area contributed by atoms with Gasteiger partial charge in [0.25, 0.3) is 5.69 Å². The van der Waals surface area contributed by atoms with Crippen LogP contribution < -0.4 is 0 Å². The standard InChI is InChI=1S/C15H14F2N2O2/c16-15(17)18-9-13(10-4-2-1-3-5-10)12-8-11(19(20)21)6-7-14(12)18/h4,6-9,15H,1-3,5H2. The maximum Gasteiger partial charge on any atom is 0.319 e. The van der Waals surface area contributed by atoms with Crippen molar-refractivity contribution < 1.29 is 13.7 Å². The van der Waals surface area contributed by atoms with E-state index in [1.807, 2.05) is 6.08 Å². The second kappa shape index (κ2) is 5.27. The quantitative estimate of drug-likeness (QED) is 0.596. The van der Waals surface area contributed by atoms with Crippen molar-refractivity contribution in [2.75, 3.05) is 0 Å². The molecular formula is C15H14F2N2O2. The Morgan fingerprint density at radius 3 is 2.71 bits per heavy atom. The molecule has 0 spiro atoms. The summed E-state index contributed by atoms with van der Waals surface area (Å²) in [6, 6.07) is 4.05. The normalized spacial score (nSPS) is 15.5. The first-order valence-electron chi connectivity index (χ1n) is 6.84. The van der Waals surface area contributed by atoms with Gasteiger partial charge < -0.3 is 0 Å². The number of nitro groups is 1. The van der Waals surface area contributed by atoms with E-state index >= 15 is 0 Å². The molecule has 1 aromatic heterocycles. The van der Waals surface area contributed by atoms with Crippen LogP contribution in [0.3, 0.4) is 0 Å². The number of non-ortho nitro benzene ring substituents is 1. The molecule has 6 heteroatoms. The number of nitrogens with zero attached hydrogens (tertiary/aromatic N) is 2. The fourth-order valence-electron chi connectivity index (χ4n) is 2.86. The van der Waals surface area contributed by atoms with Gasteiger partial charge >= 0.3 is 6.55 Å². The van der Waals surface area contributed by atoms with E-state index in [1.54, 1.807) is 0 Å². The van der Waals surface area contributed by atoms with Crippen LogP contribution in [0.4, 0.5) is 14.5 Å². The van der Waals surface area contributed by atoms with E-state index in [9.17, 15) is 18.9 Å². The van der Waals surface area contributed by atoms with Crippen LogP contribution in [0.2, 0.25) is 0 Å². The van der Waals surface area contributed by atoms with E-state index in [0.717, 1.165) is 35.8 Å². The van der Waals surface area contributed by atoms with E-state index in [1.165, 1.54) is 24.4 Å². The first kappa shape index (κ1) is 13.7. The third-order valence-electron chi connectivity index (χ3n) is 3.87. The third-order valence-corrected chi connectivity index (χ3v) is 3.87. The minimum absolute atomic E-state index is 0.0767. The fourth-order valence-corrected chi connectivity index (χ4v) is 2.86. The molecule has 0 N–H and O–H groups in total. The number of halogens is 2. The van der Waals surface area contributed by atoms with Gasteiger partial charge in [0.1, 0.15) is 0 Å². The zero-order valence-electron chi connectivity index (χ0n) is 11.3. The molecule has 0 saturated heterocycles. The lowest BCUT2D eigenvalue weighted by Crippen LogP contribution is -1.95. The summed E-state index contributed by atoms with van der Waals surface area (Å²) < 4.78 is 27.2. The van der Waals surface area contributed by atoms with Gasteiger partial charge in [-0.2, -0.15) is 8.78 Å². The summed E-state index contributed by atoms with van der Waals surface area (Å²) in [6.45, 7) is -2.66. The van der Waals surface area contributed by atoms with Crippen molar-refractivity contribution in [1.29, 1.82) is 0 Å². The van der Waals surface area contributed by atoms with Crippen LogP contribution in [0.25, 0.3) is 16.5 Å². The van der Waals surface area contributed by atoms with Crippen molar-refractivity contribution in [3.05, 3.63) is 46.1 Å². The van der Waals surface area contributed by atoms with Crippen LogP contribution >= 0.6 is 0 Å². The summed E-state index contributed by atoms with van der Waals surface area (Å²) in [7, 11) is 0. The SMILES string of the molecule is O=[N+]([O-])c1ccc2c(c1)c(C1=CCCCC1)cn2C(F)F. The highest BCUT2D eigenvalue weighted by atomic mass is 19.3. The van der Waals surface area contributed by atoms with Crippen LogP contribution in [-0.4, -0.2) is 9.49 Å². The van der Waals surface area contributed by atoms with Gasteiger partial charge in [-0.3, -0.25) is 14.7 Å². The number of hydrogen-bond donors (Lipinski definition) is 0. The second-order valence-corrected chi connectivity index (χ2v) is 5.16. The average Bonchev–Trinajstić information content (AvgIpc) is 2.87. The first-order chi connectivity index (χ1) is 10.1. The third kappa shape index (κ3) is 2.41. The number of fused-ring (bicyclic) bond motifs is 1. The molecular weight excluding hydrogens is 278 g/mol. The summed E-state index contributed by atoms with van der Waals surface area (Å²) in [6.07, 6.45) is 7.32. The molecule has 3 rings (SSSR count). The Bertz CT molecular complexity index is 735. The summed E-state index contributed by atoms with van der Waals surface area (Å²) >= 11 is 0. The maximum atomic E-state index is 13.1. The molecule has 0 fully saturated rings. The molecule has 0 aliphatic heterocycles. The van der Waals surface area contributed by atoms with Gasteiger partial charge in [-0.15, -0.1) is 0 Å². The van der Waals surface area contributed by atoms with Gasteiger partial charge in [0.15, 0.2) is 0 Å². The van der Waals surface area contributed by atoms with E-state index < -0.39 is 11.5 Å². The second-order valence-electron chi connectivity index (χ2n) is 5.16. The van der Waals surface area contributed by atoms with E-state index in [0.29, 0.717) is 16.5 Å². The lowest BCUT2D eigenvalue weighted by atomic mass is 9.93. The highest BCUT2D eigenvalue weighted by Gasteiger charge is 2.20. The molecule has 1 heterocycles. The predicted octanol–water partition coefficient (Wildman–Crippen LogP) is 4.90. The van der Waals surface area contributed by atoms with Crippen molar-refractivity contribution in [2.24, 2.45) is 0 Å². The van der Waals surface area contributed by atoms with Gasteiger partial charge in [-0.25, -0.2) is 0 Å². The minimum atomic E-state index is -2.66. The van der Waals surface area contributed by atoms with Crippen molar-refractivity contribution in [3.63, 3.8) is 0 Å². The van der Waals surface area contributed by atoms with Crippen molar-refractivity contribution >= 4 is 22.2 Å². The largest absolute Gasteiger partial charge is 0.319 e. The topological polar surface area (TPSA) is 48.1 Å². The molecule has 0 unspecified atom stereocenters. The molecule has 0 amide bonds. The maximum absolute atomic E-state index is 13.1. The Kier molecular flexibility index (Phi) is 3.45. The summed E-state index contributed by atoms with van der Waals surface area (Å²) in [5, 5.41) is 11.4. The number of allylic oxidation sites excluding steroid dienone is 2. The molecule has 0 radical (unpaired) electrons. The Morgan fingerprint density at radius 1 is 1.29 bits per heavy atom. The fraction of sp³-hybridized carbons (Fsp3) is 0.333. The molecule has 21 heavy (non-hydrogen) atoms. The number of aromatic nitrogens is 1. The lowest BCUT2D eigenvalue weighted by molar-refractivity contribution is -0.384. The van der Waals surface area contributed by atoms with Crippen LogP contribution in [0.1, 0.15) is 37.8 Å². The summed E-state index contributed by atoms with van der Waals surface area (Å²) in [5.41, 5.74) is 1.95. The molecule has 1 aromatic carbocycles. The molecule has 4 nitrogen and oxygen atoms in total. The molecule has 110 valence electrons. The minimum Gasteiger partial charge on any atom is -0.290 e. The van der Waals surface area contributed by atoms with Crippen LogP contribution in [0.15, 0.2) is 30.5 Å². The van der Waals surface area contributed by atoms with Gasteiger partial charge in [0, 0.05) is 29.3 Å². The Labute approximate surface area is 119 Å². The molecule has 0 saturated carbocycles. The molecule has 0 bridgehead atoms. The smallest absolute Gasteiger partial charge is 0.290 e. The molecule has 0 atom stereocenters. The van der Waals surface area contributed by atoms with Gasteiger partial charge in [0.05, 0.1) is 10.4 Å². The Morgan fingerprint density at radius 2 is 2.10 bits per heavy atom. The van der Waals surface area contributed by atoms with E-state index in [-0.39, 0.29) is 5.69 Å². The summed E-state index contributed by atoms with van der Waals surface area (Å²) in [5.74, 6) is 0. The van der Waals surface area contributed by atoms with Crippen LogP contribution in [-0.2, 0) is 0 Å². The van der Waals surface area contributed by atoms with Gasteiger partial charge in [-0.1, -0.05) is 6.08 Å². The van der Waals surface area contributed by atoms with Gasteiger partial charge in [-0.05, 0) is 37.3 Å². The summed E-state index contributed by atoms with van der Waals surface area (Å²) in [4.78, 5) is 10.4.